The number of phosphoric ester groups is 2. The molecule has 0 fully saturated rings. The van der Waals surface area contributed by atoms with Gasteiger partial charge in [0.05, 0.1) is 26.4 Å². The number of unbranched alkanes of at least 4 members (excludes halogenated alkanes) is 43. The fourth-order valence-electron chi connectivity index (χ4n) is 11.4. The van der Waals surface area contributed by atoms with Crippen LogP contribution in [0.1, 0.15) is 388 Å². The van der Waals surface area contributed by atoms with Gasteiger partial charge in [-0.2, -0.15) is 0 Å². The van der Waals surface area contributed by atoms with Crippen LogP contribution in [0.3, 0.4) is 0 Å². The second-order valence-electron chi connectivity index (χ2n) is 27.8. The summed E-state index contributed by atoms with van der Waals surface area (Å²) >= 11 is 0. The first-order chi connectivity index (χ1) is 45.4. The monoisotopic (exact) mass is 1380 g/mol. The van der Waals surface area contributed by atoms with Gasteiger partial charge in [-0.3, -0.25) is 37.3 Å². The molecule has 558 valence electrons. The van der Waals surface area contributed by atoms with Crippen LogP contribution in [0.25, 0.3) is 0 Å². The maximum absolute atomic E-state index is 13.1. The number of aliphatic hydroxyl groups is 1. The number of carbonyl (C=O) groups is 4. The van der Waals surface area contributed by atoms with Crippen LogP contribution < -0.4 is 0 Å². The number of hydrogen-bond donors (Lipinski definition) is 3. The van der Waals surface area contributed by atoms with Crippen molar-refractivity contribution in [2.75, 3.05) is 39.6 Å². The van der Waals surface area contributed by atoms with Crippen LogP contribution >= 0.6 is 15.6 Å². The molecule has 0 aliphatic heterocycles. The fourth-order valence-corrected chi connectivity index (χ4v) is 13.0. The first-order valence-corrected chi connectivity index (χ1v) is 42.0. The molecule has 6 atom stereocenters. The lowest BCUT2D eigenvalue weighted by Crippen LogP contribution is -2.30. The third-order valence-corrected chi connectivity index (χ3v) is 19.7. The van der Waals surface area contributed by atoms with E-state index < -0.39 is 97.5 Å². The summed E-state index contributed by atoms with van der Waals surface area (Å²) in [6, 6.07) is 0. The Bertz CT molecular complexity index is 1820. The van der Waals surface area contributed by atoms with Gasteiger partial charge in [0.15, 0.2) is 12.2 Å². The normalized spacial score (nSPS) is 14.3. The van der Waals surface area contributed by atoms with Crippen molar-refractivity contribution in [2.24, 2.45) is 11.8 Å². The molecule has 3 unspecified atom stereocenters. The van der Waals surface area contributed by atoms with Crippen molar-refractivity contribution in [2.45, 2.75) is 407 Å². The summed E-state index contributed by atoms with van der Waals surface area (Å²) in [5, 5.41) is 10.6. The highest BCUT2D eigenvalue weighted by molar-refractivity contribution is 7.47. The van der Waals surface area contributed by atoms with Gasteiger partial charge in [0.25, 0.3) is 0 Å². The van der Waals surface area contributed by atoms with Crippen LogP contribution in [-0.2, 0) is 65.4 Å². The van der Waals surface area contributed by atoms with Gasteiger partial charge in [-0.15, -0.1) is 0 Å². The maximum atomic E-state index is 13.1. The maximum Gasteiger partial charge on any atom is 0.472 e. The Labute approximate surface area is 575 Å². The zero-order valence-electron chi connectivity index (χ0n) is 61.3. The van der Waals surface area contributed by atoms with E-state index in [1.165, 1.54) is 199 Å². The van der Waals surface area contributed by atoms with E-state index in [1.807, 2.05) is 0 Å². The molecule has 0 saturated heterocycles. The van der Waals surface area contributed by atoms with Crippen molar-refractivity contribution in [3.63, 3.8) is 0 Å². The summed E-state index contributed by atoms with van der Waals surface area (Å²) in [5.41, 5.74) is 0. The molecular formula is C75H146O17P2. The molecule has 0 aromatic carbocycles. The van der Waals surface area contributed by atoms with Crippen LogP contribution in [0.15, 0.2) is 0 Å². The van der Waals surface area contributed by atoms with E-state index in [1.54, 1.807) is 0 Å². The molecule has 0 aromatic rings. The largest absolute Gasteiger partial charge is 0.472 e. The van der Waals surface area contributed by atoms with Crippen molar-refractivity contribution >= 4 is 39.5 Å². The SMILES string of the molecule is CCCCCCCCCCCCCCCCCCCCCCCC(=O)O[C@H](COC(=O)CCCCCCCCCCC(C)CC)COP(=O)(O)OC[C@@H](O)COP(=O)(O)OC[C@@H](COC(=O)CCCCCCCCCC(C)C)OC(=O)CCCCCCCCCCCCC. The van der Waals surface area contributed by atoms with Gasteiger partial charge in [-0.1, -0.05) is 337 Å². The summed E-state index contributed by atoms with van der Waals surface area (Å²) < 4.78 is 68.4. The Balaban J connectivity index is 5.19. The third-order valence-electron chi connectivity index (χ3n) is 17.8. The first kappa shape index (κ1) is 92.1. The van der Waals surface area contributed by atoms with Gasteiger partial charge < -0.3 is 33.8 Å². The third kappa shape index (κ3) is 67.3. The van der Waals surface area contributed by atoms with E-state index in [2.05, 4.69) is 41.5 Å². The van der Waals surface area contributed by atoms with Crippen LogP contribution in [0.4, 0.5) is 0 Å². The minimum atomic E-state index is -4.96. The van der Waals surface area contributed by atoms with Gasteiger partial charge in [-0.25, -0.2) is 9.13 Å². The Kier molecular flexibility index (Phi) is 65.5. The zero-order valence-corrected chi connectivity index (χ0v) is 63.1. The number of hydrogen-bond acceptors (Lipinski definition) is 15. The van der Waals surface area contributed by atoms with Crippen molar-refractivity contribution < 1.29 is 80.2 Å². The van der Waals surface area contributed by atoms with E-state index in [0.29, 0.717) is 31.6 Å². The molecule has 0 heterocycles. The molecule has 0 aliphatic carbocycles. The van der Waals surface area contributed by atoms with Gasteiger partial charge >= 0.3 is 39.5 Å². The molecular weight excluding hydrogens is 1230 g/mol. The lowest BCUT2D eigenvalue weighted by atomic mass is 9.99. The average Bonchev–Trinajstić information content (AvgIpc) is 1.73. The molecule has 0 saturated carbocycles. The second-order valence-corrected chi connectivity index (χ2v) is 30.7. The van der Waals surface area contributed by atoms with Gasteiger partial charge in [-0.05, 0) is 37.5 Å². The molecule has 19 heteroatoms. The quantitative estimate of drug-likeness (QED) is 0.0222. The number of carbonyl (C=O) groups excluding carboxylic acids is 4. The number of esters is 4. The highest BCUT2D eigenvalue weighted by Gasteiger charge is 2.30. The Morgan fingerprint density at radius 1 is 0.309 bits per heavy atom. The Morgan fingerprint density at radius 3 is 0.809 bits per heavy atom. The number of rotatable bonds is 74. The Morgan fingerprint density at radius 2 is 0.543 bits per heavy atom. The molecule has 0 spiro atoms. The summed E-state index contributed by atoms with van der Waals surface area (Å²) in [4.78, 5) is 72.7. The highest BCUT2D eigenvalue weighted by atomic mass is 31.2. The molecule has 0 aliphatic rings. The van der Waals surface area contributed by atoms with Crippen molar-refractivity contribution in [3.05, 3.63) is 0 Å². The van der Waals surface area contributed by atoms with E-state index in [-0.39, 0.29) is 25.7 Å². The predicted molar refractivity (Wildman–Crippen MR) is 381 cm³/mol. The lowest BCUT2D eigenvalue weighted by Gasteiger charge is -2.21. The van der Waals surface area contributed by atoms with Crippen LogP contribution in [0.2, 0.25) is 0 Å². The number of phosphoric acid groups is 2. The topological polar surface area (TPSA) is 237 Å². The zero-order chi connectivity index (χ0) is 69.3. The minimum absolute atomic E-state index is 0.106. The van der Waals surface area contributed by atoms with Crippen molar-refractivity contribution in [3.8, 4) is 0 Å². The fraction of sp³-hybridized carbons (Fsp3) is 0.947. The number of aliphatic hydroxyl groups excluding tert-OH is 1. The van der Waals surface area contributed by atoms with E-state index in [9.17, 15) is 43.2 Å². The second kappa shape index (κ2) is 66.9. The summed E-state index contributed by atoms with van der Waals surface area (Å²) in [7, 11) is -9.91. The van der Waals surface area contributed by atoms with Crippen LogP contribution in [-0.4, -0.2) is 96.7 Å². The summed E-state index contributed by atoms with van der Waals surface area (Å²) in [5.74, 6) is -0.637. The van der Waals surface area contributed by atoms with E-state index >= 15 is 0 Å². The molecule has 0 aromatic heterocycles. The minimum Gasteiger partial charge on any atom is -0.462 e. The average molecular weight is 1380 g/mol. The first-order valence-electron chi connectivity index (χ1n) is 39.0. The molecule has 0 amide bonds. The molecule has 17 nitrogen and oxygen atoms in total. The number of ether oxygens (including phenoxy) is 4. The van der Waals surface area contributed by atoms with Crippen LogP contribution in [0.5, 0.6) is 0 Å². The highest BCUT2D eigenvalue weighted by Crippen LogP contribution is 2.45. The Hall–Kier alpha value is -1.94. The summed E-state index contributed by atoms with van der Waals surface area (Å²) in [6.07, 6.45) is 54.3. The van der Waals surface area contributed by atoms with Gasteiger partial charge in [0.2, 0.25) is 0 Å². The summed E-state index contributed by atoms with van der Waals surface area (Å²) in [6.45, 7) is 9.52. The molecule has 0 radical (unpaired) electrons. The predicted octanol–water partition coefficient (Wildman–Crippen LogP) is 21.9. The lowest BCUT2D eigenvalue weighted by molar-refractivity contribution is -0.161. The molecule has 0 rings (SSSR count). The van der Waals surface area contributed by atoms with Gasteiger partial charge in [0, 0.05) is 25.7 Å². The van der Waals surface area contributed by atoms with E-state index in [4.69, 9.17) is 37.0 Å². The van der Waals surface area contributed by atoms with Gasteiger partial charge in [0.1, 0.15) is 19.3 Å². The van der Waals surface area contributed by atoms with E-state index in [0.717, 1.165) is 102 Å². The van der Waals surface area contributed by atoms with Crippen molar-refractivity contribution in [1.29, 1.82) is 0 Å². The standard InChI is InChI=1S/C75H146O17P2/c1-7-10-12-14-16-18-20-21-22-23-24-25-26-27-28-29-31-33-41-48-54-60-75(80)91-70(63-85-72(77)57-51-45-39-35-34-38-44-50-56-68(6)9-3)65-89-93(81,82)87-61-69(76)62-88-94(83,84)90-66-71(64-86-73(78)58-52-46-42-36-37-43-49-55-67(4)5)92-74(79)59-53-47-40-32-30-19-17-15-13-11-8-2/h67-71,76H,7-66H2,1-6H3,(H,81,82)(H,83,84)/t68?,69-,70-,71-/m1/s1. The molecule has 3 N–H and O–H groups in total. The smallest absolute Gasteiger partial charge is 0.462 e. The molecule has 0 bridgehead atoms. The van der Waals surface area contributed by atoms with Crippen molar-refractivity contribution in [1.82, 2.24) is 0 Å². The van der Waals surface area contributed by atoms with Crippen LogP contribution in [0, 0.1) is 11.8 Å². The molecule has 94 heavy (non-hydrogen) atoms.